The molecule has 0 aromatic heterocycles. The van der Waals surface area contributed by atoms with Gasteiger partial charge in [0.1, 0.15) is 5.75 Å². The number of nitrogens with two attached hydrogens (primary N) is 1. The first kappa shape index (κ1) is 11.0. The summed E-state index contributed by atoms with van der Waals surface area (Å²) in [6.45, 7) is 3.73. The van der Waals surface area contributed by atoms with Crippen molar-refractivity contribution >= 4 is 0 Å². The lowest BCUT2D eigenvalue weighted by Gasteiger charge is -2.10. The van der Waals surface area contributed by atoms with Crippen LogP contribution in [0.1, 0.15) is 18.1 Å². The van der Waals surface area contributed by atoms with Crippen molar-refractivity contribution in [2.75, 3.05) is 13.7 Å². The summed E-state index contributed by atoms with van der Waals surface area (Å²) in [6.07, 6.45) is 0. The Kier molecular flexibility index (Phi) is 4.43. The summed E-state index contributed by atoms with van der Waals surface area (Å²) < 4.78 is 10.5. The van der Waals surface area contributed by atoms with E-state index in [4.69, 9.17) is 15.2 Å². The van der Waals surface area contributed by atoms with Crippen LogP contribution in [-0.4, -0.2) is 13.7 Å². The zero-order valence-corrected chi connectivity index (χ0v) is 8.75. The maximum absolute atomic E-state index is 5.63. The van der Waals surface area contributed by atoms with Crippen molar-refractivity contribution in [2.24, 2.45) is 5.73 Å². The van der Waals surface area contributed by atoms with Crippen molar-refractivity contribution in [1.82, 2.24) is 0 Å². The molecule has 1 aromatic rings. The maximum atomic E-state index is 5.63. The predicted molar refractivity (Wildman–Crippen MR) is 56.2 cm³/mol. The molecule has 0 fully saturated rings. The average Bonchev–Trinajstić information content (AvgIpc) is 2.21. The third-order valence-corrected chi connectivity index (χ3v) is 1.96. The molecule has 1 aromatic carbocycles. The van der Waals surface area contributed by atoms with Gasteiger partial charge in [0.05, 0.1) is 13.2 Å². The van der Waals surface area contributed by atoms with E-state index in [-0.39, 0.29) is 0 Å². The molecule has 0 saturated carbocycles. The Bertz CT molecular complexity index is 287. The van der Waals surface area contributed by atoms with Crippen LogP contribution in [-0.2, 0) is 17.9 Å². The number of methoxy groups -OCH3 is 1. The van der Waals surface area contributed by atoms with Crippen molar-refractivity contribution in [3.63, 3.8) is 0 Å². The van der Waals surface area contributed by atoms with E-state index in [9.17, 15) is 0 Å². The van der Waals surface area contributed by atoms with E-state index in [2.05, 4.69) is 0 Å². The molecule has 0 unspecified atom stereocenters. The summed E-state index contributed by atoms with van der Waals surface area (Å²) in [5.74, 6) is 0.870. The predicted octanol–water partition coefficient (Wildman–Crippen LogP) is 1.69. The highest BCUT2D eigenvalue weighted by atomic mass is 16.5. The SMILES string of the molecule is CCOc1ccc(COC)cc1CN. The van der Waals surface area contributed by atoms with Gasteiger partial charge in [-0.2, -0.15) is 0 Å². The van der Waals surface area contributed by atoms with Gasteiger partial charge in [0.2, 0.25) is 0 Å². The van der Waals surface area contributed by atoms with Crippen LogP contribution in [0.4, 0.5) is 0 Å². The summed E-state index contributed by atoms with van der Waals surface area (Å²) >= 11 is 0. The highest BCUT2D eigenvalue weighted by Crippen LogP contribution is 2.20. The molecular formula is C11H17NO2. The van der Waals surface area contributed by atoms with Crippen LogP contribution >= 0.6 is 0 Å². The molecule has 0 saturated heterocycles. The summed E-state index contributed by atoms with van der Waals surface area (Å²) in [6, 6.07) is 5.96. The van der Waals surface area contributed by atoms with Crippen molar-refractivity contribution in [1.29, 1.82) is 0 Å². The molecule has 0 heterocycles. The van der Waals surface area contributed by atoms with Crippen LogP contribution in [0.5, 0.6) is 5.75 Å². The van der Waals surface area contributed by atoms with Gasteiger partial charge in [0.15, 0.2) is 0 Å². The molecule has 1 rings (SSSR count). The van der Waals surface area contributed by atoms with E-state index < -0.39 is 0 Å². The lowest BCUT2D eigenvalue weighted by atomic mass is 10.1. The normalized spacial score (nSPS) is 10.2. The quantitative estimate of drug-likeness (QED) is 0.777. The average molecular weight is 195 g/mol. The van der Waals surface area contributed by atoms with E-state index in [0.29, 0.717) is 19.8 Å². The van der Waals surface area contributed by atoms with E-state index >= 15 is 0 Å². The van der Waals surface area contributed by atoms with E-state index in [1.54, 1.807) is 7.11 Å². The molecule has 0 atom stereocenters. The van der Waals surface area contributed by atoms with E-state index in [0.717, 1.165) is 16.9 Å². The Hall–Kier alpha value is -1.06. The highest BCUT2D eigenvalue weighted by Gasteiger charge is 2.02. The Morgan fingerprint density at radius 2 is 2.14 bits per heavy atom. The Labute approximate surface area is 84.8 Å². The van der Waals surface area contributed by atoms with Crippen LogP contribution in [0.3, 0.4) is 0 Å². The Morgan fingerprint density at radius 1 is 1.36 bits per heavy atom. The minimum absolute atomic E-state index is 0.493. The zero-order valence-electron chi connectivity index (χ0n) is 8.75. The van der Waals surface area contributed by atoms with Gasteiger partial charge in [-0.3, -0.25) is 0 Å². The molecule has 2 N–H and O–H groups in total. The Balaban J connectivity index is 2.87. The van der Waals surface area contributed by atoms with Crippen molar-refractivity contribution in [2.45, 2.75) is 20.1 Å². The van der Waals surface area contributed by atoms with Crippen LogP contribution in [0, 0.1) is 0 Å². The lowest BCUT2D eigenvalue weighted by molar-refractivity contribution is 0.184. The highest BCUT2D eigenvalue weighted by molar-refractivity contribution is 5.37. The lowest BCUT2D eigenvalue weighted by Crippen LogP contribution is -2.03. The molecular weight excluding hydrogens is 178 g/mol. The number of benzene rings is 1. The van der Waals surface area contributed by atoms with Gasteiger partial charge in [0, 0.05) is 19.2 Å². The molecule has 3 nitrogen and oxygen atoms in total. The third-order valence-electron chi connectivity index (χ3n) is 1.96. The molecule has 0 amide bonds. The first-order valence-electron chi connectivity index (χ1n) is 4.75. The molecule has 0 spiro atoms. The van der Waals surface area contributed by atoms with Crippen molar-refractivity contribution in [3.8, 4) is 5.75 Å². The first-order valence-corrected chi connectivity index (χ1v) is 4.75. The van der Waals surface area contributed by atoms with Gasteiger partial charge >= 0.3 is 0 Å². The fourth-order valence-electron chi connectivity index (χ4n) is 1.35. The molecule has 0 radical (unpaired) electrons. The summed E-state index contributed by atoms with van der Waals surface area (Å²) in [5, 5.41) is 0. The second kappa shape index (κ2) is 5.62. The number of rotatable bonds is 5. The molecule has 78 valence electrons. The molecule has 3 heteroatoms. The van der Waals surface area contributed by atoms with E-state index in [1.165, 1.54) is 0 Å². The monoisotopic (exact) mass is 195 g/mol. The first-order chi connectivity index (χ1) is 6.81. The second-order valence-corrected chi connectivity index (χ2v) is 3.01. The van der Waals surface area contributed by atoms with Gasteiger partial charge in [-0.25, -0.2) is 0 Å². The van der Waals surface area contributed by atoms with Crippen LogP contribution in [0.25, 0.3) is 0 Å². The smallest absolute Gasteiger partial charge is 0.123 e. The minimum atomic E-state index is 0.493. The topological polar surface area (TPSA) is 44.5 Å². The fraction of sp³-hybridized carbons (Fsp3) is 0.455. The molecule has 0 bridgehead atoms. The van der Waals surface area contributed by atoms with Crippen LogP contribution < -0.4 is 10.5 Å². The summed E-state index contributed by atoms with van der Waals surface area (Å²) in [4.78, 5) is 0. The van der Waals surface area contributed by atoms with Gasteiger partial charge < -0.3 is 15.2 Å². The van der Waals surface area contributed by atoms with Gasteiger partial charge in [-0.15, -0.1) is 0 Å². The van der Waals surface area contributed by atoms with Crippen molar-refractivity contribution in [3.05, 3.63) is 29.3 Å². The van der Waals surface area contributed by atoms with Gasteiger partial charge in [-0.1, -0.05) is 6.07 Å². The number of hydrogen-bond donors (Lipinski definition) is 1. The molecule has 14 heavy (non-hydrogen) atoms. The number of ether oxygens (including phenoxy) is 2. The number of hydrogen-bond acceptors (Lipinski definition) is 3. The molecule has 0 aliphatic rings. The summed E-state index contributed by atoms with van der Waals surface area (Å²) in [5.41, 5.74) is 7.78. The van der Waals surface area contributed by atoms with E-state index in [1.807, 2.05) is 25.1 Å². The molecule has 0 aliphatic carbocycles. The second-order valence-electron chi connectivity index (χ2n) is 3.01. The maximum Gasteiger partial charge on any atom is 0.123 e. The molecule has 0 aliphatic heterocycles. The summed E-state index contributed by atoms with van der Waals surface area (Å²) in [7, 11) is 1.68. The fourth-order valence-corrected chi connectivity index (χ4v) is 1.35. The van der Waals surface area contributed by atoms with Crippen molar-refractivity contribution < 1.29 is 9.47 Å². The van der Waals surface area contributed by atoms with Crippen LogP contribution in [0.15, 0.2) is 18.2 Å². The largest absolute Gasteiger partial charge is 0.494 e. The minimum Gasteiger partial charge on any atom is -0.494 e. The Morgan fingerprint density at radius 3 is 2.71 bits per heavy atom. The van der Waals surface area contributed by atoms with Gasteiger partial charge in [0.25, 0.3) is 0 Å². The third kappa shape index (κ3) is 2.72. The standard InChI is InChI=1S/C11H17NO2/c1-3-14-11-5-4-9(8-13-2)6-10(11)7-12/h4-6H,3,7-8,12H2,1-2H3. The van der Waals surface area contributed by atoms with Crippen LogP contribution in [0.2, 0.25) is 0 Å². The van der Waals surface area contributed by atoms with Gasteiger partial charge in [-0.05, 0) is 24.6 Å². The zero-order chi connectivity index (χ0) is 10.4.